The number of para-hydroxylation sites is 1. The summed E-state index contributed by atoms with van der Waals surface area (Å²) in [7, 11) is 2.12. The van der Waals surface area contributed by atoms with Crippen LogP contribution >= 0.6 is 0 Å². The molecule has 0 aliphatic carbocycles. The molecular weight excluding hydrogens is 250 g/mol. The maximum atomic E-state index is 10.2. The zero-order valence-corrected chi connectivity index (χ0v) is 11.8. The Kier molecular flexibility index (Phi) is 2.59. The molecule has 1 atom stereocenters. The Bertz CT molecular complexity index is 668. The monoisotopic (exact) mass is 271 g/mol. The normalized spacial score (nSPS) is 19.6. The van der Waals surface area contributed by atoms with Crippen LogP contribution in [0.15, 0.2) is 18.2 Å². The zero-order valence-electron chi connectivity index (χ0n) is 11.8. The third kappa shape index (κ3) is 1.43. The molecule has 1 unspecified atom stereocenters. The topological polar surface area (TPSA) is 54.4 Å². The van der Waals surface area contributed by atoms with Crippen LogP contribution in [0.2, 0.25) is 0 Å². The minimum Gasteiger partial charge on any atom is -0.387 e. The number of fused-ring (bicyclic) bond motifs is 3. The number of aryl methyl sites for hydroxylation is 1. The summed E-state index contributed by atoms with van der Waals surface area (Å²) in [6.07, 6.45) is 1.94. The largest absolute Gasteiger partial charge is 0.387 e. The van der Waals surface area contributed by atoms with Crippen molar-refractivity contribution in [3.63, 3.8) is 0 Å². The molecule has 4 nitrogen and oxygen atoms in total. The van der Waals surface area contributed by atoms with Gasteiger partial charge in [0.15, 0.2) is 0 Å². The third-order valence-electron chi connectivity index (χ3n) is 5.04. The fourth-order valence-electron chi connectivity index (χ4n) is 4.12. The van der Waals surface area contributed by atoms with Crippen molar-refractivity contribution in [2.45, 2.75) is 24.9 Å². The van der Waals surface area contributed by atoms with Gasteiger partial charge in [-0.15, -0.1) is 0 Å². The lowest BCUT2D eigenvalue weighted by Gasteiger charge is -2.41. The van der Waals surface area contributed by atoms with Gasteiger partial charge in [0.1, 0.15) is 5.82 Å². The zero-order chi connectivity index (χ0) is 13.9. The van der Waals surface area contributed by atoms with Gasteiger partial charge in [0.25, 0.3) is 0 Å². The lowest BCUT2D eigenvalue weighted by atomic mass is 9.84. The molecule has 0 saturated carbocycles. The van der Waals surface area contributed by atoms with Crippen LogP contribution in [0, 0.1) is 0 Å². The van der Waals surface area contributed by atoms with Crippen molar-refractivity contribution < 1.29 is 5.11 Å². The highest BCUT2D eigenvalue weighted by molar-refractivity contribution is 5.94. The summed E-state index contributed by atoms with van der Waals surface area (Å²) in [6, 6.07) is 6.25. The SMILES string of the molecule is Cn1c2c(c3cccc(C(O)CN)c31)C1CCN2CC1. The molecule has 0 amide bonds. The van der Waals surface area contributed by atoms with Crippen molar-refractivity contribution in [1.82, 2.24) is 4.57 Å². The second-order valence-electron chi connectivity index (χ2n) is 6.05. The molecule has 20 heavy (non-hydrogen) atoms. The minimum atomic E-state index is -0.582. The number of aliphatic hydroxyl groups excluding tert-OH is 1. The predicted octanol–water partition coefficient (Wildman–Crippen LogP) is 1.87. The van der Waals surface area contributed by atoms with Crippen molar-refractivity contribution in [2.24, 2.45) is 12.8 Å². The van der Waals surface area contributed by atoms with Crippen molar-refractivity contribution in [3.8, 4) is 0 Å². The quantitative estimate of drug-likeness (QED) is 0.876. The molecular formula is C16H21N3O. The fraction of sp³-hybridized carbons (Fsp3) is 0.500. The van der Waals surface area contributed by atoms with Gasteiger partial charge in [-0.05, 0) is 18.8 Å². The Morgan fingerprint density at radius 2 is 2.10 bits per heavy atom. The second kappa shape index (κ2) is 4.24. The summed E-state index contributed by atoms with van der Waals surface area (Å²) < 4.78 is 2.27. The number of rotatable bonds is 2. The molecule has 2 aromatic rings. The fourth-order valence-corrected chi connectivity index (χ4v) is 4.12. The number of nitrogens with zero attached hydrogens (tertiary/aromatic N) is 2. The van der Waals surface area contributed by atoms with E-state index in [1.165, 1.54) is 29.6 Å². The van der Waals surface area contributed by atoms with E-state index >= 15 is 0 Å². The number of aliphatic hydroxyl groups is 1. The number of hydrogen-bond donors (Lipinski definition) is 2. The molecule has 1 fully saturated rings. The minimum absolute atomic E-state index is 0.266. The highest BCUT2D eigenvalue weighted by Crippen LogP contribution is 2.48. The van der Waals surface area contributed by atoms with E-state index in [-0.39, 0.29) is 6.54 Å². The van der Waals surface area contributed by atoms with E-state index in [0.29, 0.717) is 5.92 Å². The molecule has 2 bridgehead atoms. The molecule has 1 aromatic heterocycles. The number of nitrogens with two attached hydrogens (primary N) is 1. The van der Waals surface area contributed by atoms with Gasteiger partial charge >= 0.3 is 0 Å². The highest BCUT2D eigenvalue weighted by atomic mass is 16.3. The summed E-state index contributed by atoms with van der Waals surface area (Å²) >= 11 is 0. The van der Waals surface area contributed by atoms with E-state index in [0.717, 1.165) is 24.2 Å². The van der Waals surface area contributed by atoms with Gasteiger partial charge in [0, 0.05) is 43.2 Å². The van der Waals surface area contributed by atoms with Crippen molar-refractivity contribution in [1.29, 1.82) is 0 Å². The molecule has 0 spiro atoms. The van der Waals surface area contributed by atoms with Gasteiger partial charge in [0.05, 0.1) is 11.6 Å². The van der Waals surface area contributed by atoms with E-state index in [1.54, 1.807) is 0 Å². The number of piperidine rings is 1. The van der Waals surface area contributed by atoms with E-state index in [2.05, 4.69) is 28.6 Å². The van der Waals surface area contributed by atoms with Gasteiger partial charge in [-0.25, -0.2) is 0 Å². The predicted molar refractivity (Wildman–Crippen MR) is 81.1 cm³/mol. The Morgan fingerprint density at radius 1 is 1.35 bits per heavy atom. The van der Waals surface area contributed by atoms with E-state index in [1.807, 2.05) is 6.07 Å². The van der Waals surface area contributed by atoms with Gasteiger partial charge in [0.2, 0.25) is 0 Å². The molecule has 1 saturated heterocycles. The Labute approximate surface area is 118 Å². The molecule has 0 radical (unpaired) electrons. The first kappa shape index (κ1) is 12.2. The molecule has 4 heteroatoms. The van der Waals surface area contributed by atoms with Crippen molar-refractivity contribution in [2.75, 3.05) is 24.5 Å². The molecule has 3 N–H and O–H groups in total. The highest BCUT2D eigenvalue weighted by Gasteiger charge is 2.35. The van der Waals surface area contributed by atoms with Crippen LogP contribution < -0.4 is 10.6 Å². The van der Waals surface area contributed by atoms with Crippen LogP contribution in [-0.2, 0) is 7.05 Å². The number of benzene rings is 1. The summed E-state index contributed by atoms with van der Waals surface area (Å²) in [4.78, 5) is 2.49. The van der Waals surface area contributed by atoms with Crippen molar-refractivity contribution in [3.05, 3.63) is 29.3 Å². The van der Waals surface area contributed by atoms with E-state index in [9.17, 15) is 5.11 Å². The number of anilines is 1. The van der Waals surface area contributed by atoms with Crippen LogP contribution in [0.1, 0.15) is 36.0 Å². The van der Waals surface area contributed by atoms with Crippen LogP contribution in [0.4, 0.5) is 5.82 Å². The number of hydrogen-bond acceptors (Lipinski definition) is 3. The summed E-state index contributed by atoms with van der Waals surface area (Å²) in [6.45, 7) is 2.59. The first-order chi connectivity index (χ1) is 9.72. The maximum absolute atomic E-state index is 10.2. The number of aromatic nitrogens is 1. The Hall–Kier alpha value is -1.52. The van der Waals surface area contributed by atoms with Crippen LogP contribution in [0.3, 0.4) is 0 Å². The Morgan fingerprint density at radius 3 is 2.80 bits per heavy atom. The first-order valence-corrected chi connectivity index (χ1v) is 7.46. The van der Waals surface area contributed by atoms with Gasteiger partial charge in [-0.3, -0.25) is 0 Å². The van der Waals surface area contributed by atoms with Gasteiger partial charge in [-0.1, -0.05) is 18.2 Å². The van der Waals surface area contributed by atoms with Gasteiger partial charge in [-0.2, -0.15) is 0 Å². The molecule has 3 aliphatic heterocycles. The molecule has 106 valence electrons. The first-order valence-electron chi connectivity index (χ1n) is 7.46. The van der Waals surface area contributed by atoms with Crippen LogP contribution in [0.5, 0.6) is 0 Å². The molecule has 3 aliphatic rings. The smallest absolute Gasteiger partial charge is 0.112 e. The summed E-state index contributed by atoms with van der Waals surface area (Å²) in [5.41, 5.74) is 9.28. The molecule has 5 rings (SSSR count). The average Bonchev–Trinajstić information content (AvgIpc) is 2.84. The summed E-state index contributed by atoms with van der Waals surface area (Å²) in [5.74, 6) is 2.04. The lowest BCUT2D eigenvalue weighted by molar-refractivity contribution is 0.188. The maximum Gasteiger partial charge on any atom is 0.112 e. The van der Waals surface area contributed by atoms with Gasteiger partial charge < -0.3 is 20.3 Å². The summed E-state index contributed by atoms with van der Waals surface area (Å²) in [5, 5.41) is 11.5. The van der Waals surface area contributed by atoms with Crippen molar-refractivity contribution >= 4 is 16.7 Å². The average molecular weight is 271 g/mol. The standard InChI is InChI=1S/C16H21N3O/c1-18-15-11(13(20)9-17)3-2-4-12(15)14-10-5-7-19(8-6-10)16(14)18/h2-4,10,13,20H,5-9,17H2,1H3. The Balaban J connectivity index is 2.05. The van der Waals surface area contributed by atoms with E-state index in [4.69, 9.17) is 5.73 Å². The van der Waals surface area contributed by atoms with E-state index < -0.39 is 6.10 Å². The van der Waals surface area contributed by atoms with Crippen LogP contribution in [0.25, 0.3) is 10.9 Å². The lowest BCUT2D eigenvalue weighted by Crippen LogP contribution is -2.39. The molecule has 4 heterocycles. The van der Waals surface area contributed by atoms with Crippen LogP contribution in [-0.4, -0.2) is 29.3 Å². The second-order valence-corrected chi connectivity index (χ2v) is 6.05. The third-order valence-corrected chi connectivity index (χ3v) is 5.04. The molecule has 1 aromatic carbocycles.